The number of nitrogens with one attached hydrogen (secondary N) is 1. The molecule has 0 atom stereocenters. The monoisotopic (exact) mass is 327 g/mol. The molecule has 0 saturated heterocycles. The number of H-pyrrole nitrogens is 1. The number of rotatable bonds is 0. The van der Waals surface area contributed by atoms with Crippen LogP contribution in [0, 0.1) is 0 Å². The van der Waals surface area contributed by atoms with E-state index < -0.39 is 0 Å². The normalized spacial score (nSPS) is 14.2. The van der Waals surface area contributed by atoms with Gasteiger partial charge in [0.25, 0.3) is 0 Å². The van der Waals surface area contributed by atoms with Crippen molar-refractivity contribution in [3.63, 3.8) is 0 Å². The number of nitrogens with zero attached hydrogens (tertiary/aromatic N) is 3. The van der Waals surface area contributed by atoms with Crippen LogP contribution >= 0.6 is 0 Å². The number of allylic oxidation sites excluding steroid dienone is 4. The fourth-order valence-corrected chi connectivity index (χ4v) is 3.27. The van der Waals surface area contributed by atoms with Crippen molar-refractivity contribution in [2.75, 3.05) is 5.73 Å². The van der Waals surface area contributed by atoms with Crippen LogP contribution in [0.1, 0.15) is 0 Å². The van der Waals surface area contributed by atoms with Crippen LogP contribution < -0.4 is 11.0 Å². The van der Waals surface area contributed by atoms with Crippen molar-refractivity contribution in [3.8, 4) is 16.8 Å². The lowest BCUT2D eigenvalue weighted by molar-refractivity contribution is -0.110. The third kappa shape index (κ3) is 2.01. The van der Waals surface area contributed by atoms with E-state index >= 15 is 0 Å². The van der Waals surface area contributed by atoms with Gasteiger partial charge in [-0.1, -0.05) is 24.3 Å². The van der Waals surface area contributed by atoms with E-state index in [-0.39, 0.29) is 5.78 Å². The van der Waals surface area contributed by atoms with Gasteiger partial charge in [-0.15, -0.1) is 0 Å². The number of nitrogen functional groups attached to an aromatic ring is 1. The standard InChI is InChI=1S/C19H13N5O/c20-19-22-10-13-4-1-12-9-21-18-15(11-2-5-14(25)6-3-11)7-8-16(17(12)18)24(13)23-19/h1-10H,(H3,20,22,23). The first-order chi connectivity index (χ1) is 12.2. The van der Waals surface area contributed by atoms with Crippen molar-refractivity contribution >= 4 is 28.3 Å². The quantitative estimate of drug-likeness (QED) is 0.517. The Balaban J connectivity index is 1.94. The molecular weight excluding hydrogens is 314 g/mol. The summed E-state index contributed by atoms with van der Waals surface area (Å²) in [5.41, 5.74) is 11.6. The van der Waals surface area contributed by atoms with Gasteiger partial charge in [0, 0.05) is 22.5 Å². The van der Waals surface area contributed by atoms with Crippen molar-refractivity contribution in [1.29, 1.82) is 0 Å². The number of aromatic nitrogens is 4. The molecule has 120 valence electrons. The maximum Gasteiger partial charge on any atom is 0.212 e. The Labute approximate surface area is 142 Å². The van der Waals surface area contributed by atoms with E-state index in [1.54, 1.807) is 18.3 Å². The van der Waals surface area contributed by atoms with E-state index in [1.807, 2.05) is 47.3 Å². The van der Waals surface area contributed by atoms with Gasteiger partial charge >= 0.3 is 0 Å². The summed E-state index contributed by atoms with van der Waals surface area (Å²) in [5.74, 6) is 0.332. The van der Waals surface area contributed by atoms with E-state index in [2.05, 4.69) is 15.1 Å². The number of carbonyl (C=O) groups is 1. The predicted molar refractivity (Wildman–Crippen MR) is 96.2 cm³/mol. The topological polar surface area (TPSA) is 89.6 Å². The molecule has 0 amide bonds. The van der Waals surface area contributed by atoms with E-state index in [9.17, 15) is 4.79 Å². The number of ketones is 1. The summed E-state index contributed by atoms with van der Waals surface area (Å²) in [4.78, 5) is 20.1. The highest BCUT2D eigenvalue weighted by Gasteiger charge is 2.17. The molecule has 3 aliphatic heterocycles. The molecule has 0 radical (unpaired) electrons. The van der Waals surface area contributed by atoms with Gasteiger partial charge in [-0.2, -0.15) is 0 Å². The molecule has 4 aliphatic rings. The SMILES string of the molecule is Nc1ncc2ccc3cnc4c-3c(ccc4=C3C=CC(=O)C=C3)n-2[nH]1. The minimum absolute atomic E-state index is 0.00400. The van der Waals surface area contributed by atoms with Crippen molar-refractivity contribution in [3.05, 3.63) is 66.2 Å². The number of benzene rings is 1. The predicted octanol–water partition coefficient (Wildman–Crippen LogP) is 2.00. The zero-order chi connectivity index (χ0) is 17.0. The molecule has 0 fully saturated rings. The highest BCUT2D eigenvalue weighted by atomic mass is 16.1. The summed E-state index contributed by atoms with van der Waals surface area (Å²) in [6.07, 6.45) is 10.4. The van der Waals surface area contributed by atoms with Crippen molar-refractivity contribution in [1.82, 2.24) is 19.7 Å². The summed E-state index contributed by atoms with van der Waals surface area (Å²) in [6, 6.07) is 8.04. The molecule has 3 N–H and O–H groups in total. The average molecular weight is 327 g/mol. The van der Waals surface area contributed by atoms with Crippen LogP contribution in [0.3, 0.4) is 0 Å². The summed E-state index contributed by atoms with van der Waals surface area (Å²) in [7, 11) is 0. The second kappa shape index (κ2) is 4.91. The van der Waals surface area contributed by atoms with Crippen LogP contribution in [0.5, 0.6) is 0 Å². The second-order valence-corrected chi connectivity index (χ2v) is 5.94. The average Bonchev–Trinajstić information content (AvgIpc) is 2.98. The van der Waals surface area contributed by atoms with Gasteiger partial charge in [-0.25, -0.2) is 4.98 Å². The summed E-state index contributed by atoms with van der Waals surface area (Å²) >= 11 is 0. The molecule has 25 heavy (non-hydrogen) atoms. The van der Waals surface area contributed by atoms with Gasteiger partial charge in [0.2, 0.25) is 5.95 Å². The van der Waals surface area contributed by atoms with Crippen LogP contribution in [0.25, 0.3) is 33.4 Å². The van der Waals surface area contributed by atoms with Gasteiger partial charge in [-0.05, 0) is 29.9 Å². The first-order valence-electron chi connectivity index (χ1n) is 7.85. The minimum atomic E-state index is -0.00400. The van der Waals surface area contributed by atoms with E-state index in [1.165, 1.54) is 0 Å². The lowest BCUT2D eigenvalue weighted by Crippen LogP contribution is -2.11. The van der Waals surface area contributed by atoms with Gasteiger partial charge in [0.1, 0.15) is 0 Å². The van der Waals surface area contributed by atoms with E-state index in [4.69, 9.17) is 5.73 Å². The molecule has 6 heteroatoms. The lowest BCUT2D eigenvalue weighted by atomic mass is 10.0. The maximum atomic E-state index is 11.4. The number of anilines is 1. The van der Waals surface area contributed by atoms with Gasteiger partial charge in [-0.3, -0.25) is 19.6 Å². The lowest BCUT2D eigenvalue weighted by Gasteiger charge is -2.11. The van der Waals surface area contributed by atoms with Crippen LogP contribution in [0.2, 0.25) is 0 Å². The number of nitrogens with two attached hydrogens (primary N) is 1. The van der Waals surface area contributed by atoms with Crippen LogP contribution in [-0.2, 0) is 4.79 Å². The molecule has 1 aliphatic carbocycles. The third-order valence-corrected chi connectivity index (χ3v) is 4.44. The largest absolute Gasteiger partial charge is 0.368 e. The maximum absolute atomic E-state index is 11.4. The van der Waals surface area contributed by atoms with Crippen LogP contribution in [0.4, 0.5) is 5.95 Å². The number of carbonyl (C=O) groups excluding carboxylic acids is 1. The highest BCUT2D eigenvalue weighted by molar-refractivity contribution is 6.05. The van der Waals surface area contributed by atoms with Crippen molar-refractivity contribution < 1.29 is 4.79 Å². The number of hydrogen-bond donors (Lipinski definition) is 2. The van der Waals surface area contributed by atoms with E-state index in [0.717, 1.165) is 38.6 Å². The highest BCUT2D eigenvalue weighted by Crippen LogP contribution is 2.32. The molecule has 3 heterocycles. The van der Waals surface area contributed by atoms with Gasteiger partial charge < -0.3 is 5.73 Å². The zero-order valence-corrected chi connectivity index (χ0v) is 13.1. The van der Waals surface area contributed by atoms with E-state index in [0.29, 0.717) is 5.95 Å². The van der Waals surface area contributed by atoms with Crippen LogP contribution in [-0.4, -0.2) is 25.5 Å². The molecular formula is C19H13N5O. The van der Waals surface area contributed by atoms with Gasteiger partial charge in [0.05, 0.1) is 22.9 Å². The molecule has 0 spiro atoms. The van der Waals surface area contributed by atoms with Crippen LogP contribution in [0.15, 0.2) is 61.0 Å². The summed E-state index contributed by atoms with van der Waals surface area (Å²) in [5, 5.41) is 4.08. The summed E-state index contributed by atoms with van der Waals surface area (Å²) < 4.78 is 1.91. The first-order valence-corrected chi connectivity index (χ1v) is 7.85. The smallest absolute Gasteiger partial charge is 0.212 e. The zero-order valence-electron chi connectivity index (χ0n) is 13.1. The molecule has 0 bridgehead atoms. The Hall–Kier alpha value is -3.67. The Morgan fingerprint density at radius 1 is 0.960 bits per heavy atom. The van der Waals surface area contributed by atoms with Crippen molar-refractivity contribution in [2.24, 2.45) is 0 Å². The Morgan fingerprint density at radius 3 is 2.64 bits per heavy atom. The fourth-order valence-electron chi connectivity index (χ4n) is 3.27. The first kappa shape index (κ1) is 13.7. The molecule has 5 rings (SSSR count). The Bertz CT molecular complexity index is 1210. The molecule has 6 nitrogen and oxygen atoms in total. The number of aromatic amines is 1. The molecule has 0 aromatic heterocycles. The summed E-state index contributed by atoms with van der Waals surface area (Å²) in [6.45, 7) is 0. The number of hydrogen-bond acceptors (Lipinski definition) is 4. The Kier molecular flexibility index (Phi) is 2.70. The second-order valence-electron chi connectivity index (χ2n) is 5.94. The minimum Gasteiger partial charge on any atom is -0.368 e. The number of fused-ring (bicyclic) bond motifs is 2. The molecule has 0 unspecified atom stereocenters. The van der Waals surface area contributed by atoms with Crippen molar-refractivity contribution in [2.45, 2.75) is 0 Å². The Morgan fingerprint density at radius 2 is 1.80 bits per heavy atom. The van der Waals surface area contributed by atoms with Gasteiger partial charge in [0.15, 0.2) is 5.78 Å². The molecule has 1 aromatic rings. The molecule has 1 aromatic carbocycles. The fraction of sp³-hybridized carbons (Fsp3) is 0. The third-order valence-electron chi connectivity index (χ3n) is 4.44. The molecule has 0 saturated carbocycles.